The van der Waals surface area contributed by atoms with Crippen LogP contribution >= 0.6 is 0 Å². The maximum absolute atomic E-state index is 12.8. The lowest BCUT2D eigenvalue weighted by molar-refractivity contribution is -0.117. The molecule has 0 bridgehead atoms. The number of amides is 1. The summed E-state index contributed by atoms with van der Waals surface area (Å²) in [5, 5.41) is 2.88. The Morgan fingerprint density at radius 2 is 1.64 bits per heavy atom. The summed E-state index contributed by atoms with van der Waals surface area (Å²) in [6.07, 6.45) is 4.48. The Hall–Kier alpha value is -2.94. The summed E-state index contributed by atoms with van der Waals surface area (Å²) >= 11 is 0. The first-order valence-corrected chi connectivity index (χ1v) is 12.6. The summed E-state index contributed by atoms with van der Waals surface area (Å²) in [5.41, 5.74) is 1.67. The molecule has 4 rings (SSSR count). The number of carbonyl (C=O) groups is 1. The van der Waals surface area contributed by atoms with Crippen molar-refractivity contribution in [1.82, 2.24) is 9.21 Å². The van der Waals surface area contributed by atoms with Crippen molar-refractivity contribution in [2.45, 2.75) is 37.2 Å². The molecule has 174 valence electrons. The molecular formula is C25H29N3O4S. The number of hydrogen-bond acceptors (Lipinski definition) is 5. The quantitative estimate of drug-likeness (QED) is 0.512. The molecule has 1 fully saturated rings. The average Bonchev–Trinajstić information content (AvgIpc) is 3.33. The SMILES string of the molecule is O=C(CN(Cc1ccccc1)Cc1ccco1)Nc1ccc(S(=O)(=O)N2CCCCC2)cc1. The lowest BCUT2D eigenvalue weighted by Gasteiger charge is -2.26. The fourth-order valence-electron chi connectivity index (χ4n) is 4.00. The molecule has 0 saturated carbocycles. The Labute approximate surface area is 195 Å². The summed E-state index contributed by atoms with van der Waals surface area (Å²) in [6, 6.07) is 20.1. The van der Waals surface area contributed by atoms with Crippen LogP contribution in [0.3, 0.4) is 0 Å². The van der Waals surface area contributed by atoms with Crippen LogP contribution in [0.4, 0.5) is 5.69 Å². The van der Waals surface area contributed by atoms with Crippen molar-refractivity contribution in [1.29, 1.82) is 0 Å². The van der Waals surface area contributed by atoms with Crippen LogP contribution in [0.5, 0.6) is 0 Å². The third-order valence-electron chi connectivity index (χ3n) is 5.67. The normalized spacial score (nSPS) is 14.9. The molecule has 1 saturated heterocycles. The Kier molecular flexibility index (Phi) is 7.59. The van der Waals surface area contributed by atoms with E-state index < -0.39 is 10.0 Å². The van der Waals surface area contributed by atoms with E-state index in [0.717, 1.165) is 30.6 Å². The van der Waals surface area contributed by atoms with Gasteiger partial charge in [-0.3, -0.25) is 9.69 Å². The van der Waals surface area contributed by atoms with Gasteiger partial charge in [0.25, 0.3) is 0 Å². The highest BCUT2D eigenvalue weighted by atomic mass is 32.2. The smallest absolute Gasteiger partial charge is 0.243 e. The minimum Gasteiger partial charge on any atom is -0.468 e. The van der Waals surface area contributed by atoms with Gasteiger partial charge in [0.1, 0.15) is 5.76 Å². The first kappa shape index (κ1) is 23.2. The second-order valence-electron chi connectivity index (χ2n) is 8.25. The van der Waals surface area contributed by atoms with Crippen LogP contribution in [0, 0.1) is 0 Å². The second-order valence-corrected chi connectivity index (χ2v) is 10.2. The van der Waals surface area contributed by atoms with Crippen LogP contribution < -0.4 is 5.32 Å². The van der Waals surface area contributed by atoms with Crippen LogP contribution in [0.2, 0.25) is 0 Å². The Morgan fingerprint density at radius 1 is 0.909 bits per heavy atom. The molecule has 1 N–H and O–H groups in total. The molecule has 7 nitrogen and oxygen atoms in total. The maximum atomic E-state index is 12.8. The average molecular weight is 468 g/mol. The number of furan rings is 1. The number of nitrogens with one attached hydrogen (secondary N) is 1. The first-order chi connectivity index (χ1) is 16.0. The van der Waals surface area contributed by atoms with E-state index in [4.69, 9.17) is 4.42 Å². The highest BCUT2D eigenvalue weighted by Crippen LogP contribution is 2.22. The fourth-order valence-corrected chi connectivity index (χ4v) is 5.52. The summed E-state index contributed by atoms with van der Waals surface area (Å²) in [4.78, 5) is 15.0. The van der Waals surface area contributed by atoms with Gasteiger partial charge >= 0.3 is 0 Å². The van der Waals surface area contributed by atoms with Gasteiger partial charge in [-0.15, -0.1) is 0 Å². The zero-order valence-corrected chi connectivity index (χ0v) is 19.3. The molecule has 1 amide bonds. The zero-order valence-electron chi connectivity index (χ0n) is 18.5. The Balaban J connectivity index is 1.39. The third-order valence-corrected chi connectivity index (χ3v) is 7.58. The minimum absolute atomic E-state index is 0.170. The van der Waals surface area contributed by atoms with E-state index >= 15 is 0 Å². The van der Waals surface area contributed by atoms with Crippen LogP contribution in [0.1, 0.15) is 30.6 Å². The molecule has 0 spiro atoms. The van der Waals surface area contributed by atoms with Crippen molar-refractivity contribution in [3.63, 3.8) is 0 Å². The number of anilines is 1. The molecule has 0 aliphatic carbocycles. The van der Waals surface area contributed by atoms with E-state index in [1.54, 1.807) is 34.8 Å². The van der Waals surface area contributed by atoms with Crippen molar-refractivity contribution in [2.75, 3.05) is 25.0 Å². The predicted octanol–water partition coefficient (Wildman–Crippen LogP) is 4.10. The van der Waals surface area contributed by atoms with Gasteiger partial charge in [-0.25, -0.2) is 8.42 Å². The predicted molar refractivity (Wildman–Crippen MR) is 127 cm³/mol. The van der Waals surface area contributed by atoms with Gasteiger partial charge < -0.3 is 9.73 Å². The summed E-state index contributed by atoms with van der Waals surface area (Å²) in [6.45, 7) is 2.40. The van der Waals surface area contributed by atoms with Gasteiger partial charge in [0, 0.05) is 25.3 Å². The highest BCUT2D eigenvalue weighted by molar-refractivity contribution is 7.89. The lowest BCUT2D eigenvalue weighted by atomic mass is 10.2. The van der Waals surface area contributed by atoms with Gasteiger partial charge in [0.05, 0.1) is 24.2 Å². The van der Waals surface area contributed by atoms with Crippen molar-refractivity contribution < 1.29 is 17.6 Å². The van der Waals surface area contributed by atoms with Crippen molar-refractivity contribution >= 4 is 21.6 Å². The third kappa shape index (κ3) is 6.31. The van der Waals surface area contributed by atoms with Gasteiger partial charge in [-0.1, -0.05) is 36.8 Å². The number of nitrogens with zero attached hydrogens (tertiary/aromatic N) is 2. The largest absolute Gasteiger partial charge is 0.468 e. The first-order valence-electron chi connectivity index (χ1n) is 11.2. The molecule has 2 aromatic carbocycles. The van der Waals surface area contributed by atoms with Crippen molar-refractivity contribution in [3.8, 4) is 0 Å². The summed E-state index contributed by atoms with van der Waals surface area (Å²) in [7, 11) is -3.49. The van der Waals surface area contributed by atoms with E-state index in [0.29, 0.717) is 31.9 Å². The number of sulfonamides is 1. The number of carbonyl (C=O) groups excluding carboxylic acids is 1. The maximum Gasteiger partial charge on any atom is 0.243 e. The standard InChI is InChI=1S/C25H29N3O4S/c29-25(20-27(19-23-10-7-17-32-23)18-21-8-3-1-4-9-21)26-22-11-13-24(14-12-22)33(30,31)28-15-5-2-6-16-28/h1,3-4,7-14,17H,2,5-6,15-16,18-20H2,(H,26,29). The number of benzene rings is 2. The van der Waals surface area contributed by atoms with Gasteiger partial charge in [-0.05, 0) is 54.8 Å². The molecular weight excluding hydrogens is 438 g/mol. The summed E-state index contributed by atoms with van der Waals surface area (Å²) < 4.78 is 32.6. The molecule has 2 heterocycles. The molecule has 0 atom stereocenters. The van der Waals surface area contributed by atoms with Crippen LogP contribution in [0.15, 0.2) is 82.3 Å². The second kappa shape index (κ2) is 10.8. The van der Waals surface area contributed by atoms with Crippen LogP contribution in [0.25, 0.3) is 0 Å². The van der Waals surface area contributed by atoms with Crippen LogP contribution in [-0.4, -0.2) is 43.2 Å². The molecule has 1 aromatic heterocycles. The number of piperidine rings is 1. The molecule has 1 aliphatic heterocycles. The molecule has 0 unspecified atom stereocenters. The van der Waals surface area contributed by atoms with E-state index in [1.165, 1.54) is 0 Å². The zero-order chi connectivity index (χ0) is 23.1. The Morgan fingerprint density at radius 3 is 2.30 bits per heavy atom. The van der Waals surface area contributed by atoms with E-state index in [2.05, 4.69) is 5.32 Å². The van der Waals surface area contributed by atoms with Crippen molar-refractivity contribution in [2.24, 2.45) is 0 Å². The van der Waals surface area contributed by atoms with E-state index in [1.807, 2.05) is 47.4 Å². The van der Waals surface area contributed by atoms with Gasteiger partial charge in [0.15, 0.2) is 0 Å². The van der Waals surface area contributed by atoms with Crippen LogP contribution in [-0.2, 0) is 27.9 Å². The summed E-state index contributed by atoms with van der Waals surface area (Å²) in [5.74, 6) is 0.607. The molecule has 0 radical (unpaired) electrons. The van der Waals surface area contributed by atoms with E-state index in [9.17, 15) is 13.2 Å². The fraction of sp³-hybridized carbons (Fsp3) is 0.320. The minimum atomic E-state index is -3.49. The highest BCUT2D eigenvalue weighted by Gasteiger charge is 2.25. The molecule has 33 heavy (non-hydrogen) atoms. The number of rotatable bonds is 9. The topological polar surface area (TPSA) is 82.9 Å². The molecule has 8 heteroatoms. The van der Waals surface area contributed by atoms with E-state index in [-0.39, 0.29) is 17.3 Å². The van der Waals surface area contributed by atoms with Crippen molar-refractivity contribution in [3.05, 3.63) is 84.3 Å². The van der Waals surface area contributed by atoms with Gasteiger partial charge in [0.2, 0.25) is 15.9 Å². The monoisotopic (exact) mass is 467 g/mol. The number of hydrogen-bond donors (Lipinski definition) is 1. The molecule has 1 aliphatic rings. The Bertz CT molecular complexity index is 1120. The lowest BCUT2D eigenvalue weighted by Crippen LogP contribution is -2.35. The molecule has 3 aromatic rings. The van der Waals surface area contributed by atoms with Gasteiger partial charge in [-0.2, -0.15) is 4.31 Å².